The largest absolute Gasteiger partial charge is 0.491 e. The van der Waals surface area contributed by atoms with E-state index < -0.39 is 0 Å². The molecule has 5 heteroatoms. The van der Waals surface area contributed by atoms with Gasteiger partial charge in [-0.25, -0.2) is 0 Å². The molecular formula is C16H16BrN3O. The van der Waals surface area contributed by atoms with E-state index in [1.165, 1.54) is 0 Å². The third-order valence-electron chi connectivity index (χ3n) is 3.49. The summed E-state index contributed by atoms with van der Waals surface area (Å²) in [6.07, 6.45) is 0.915. The van der Waals surface area contributed by atoms with Gasteiger partial charge in [-0.1, -0.05) is 18.2 Å². The van der Waals surface area contributed by atoms with Gasteiger partial charge in [0, 0.05) is 11.0 Å². The average molecular weight is 346 g/mol. The van der Waals surface area contributed by atoms with Gasteiger partial charge in [-0.05, 0) is 46.6 Å². The quantitative estimate of drug-likeness (QED) is 0.644. The van der Waals surface area contributed by atoms with Crippen molar-refractivity contribution in [2.24, 2.45) is 5.73 Å². The van der Waals surface area contributed by atoms with Crippen molar-refractivity contribution in [2.45, 2.75) is 6.42 Å². The molecule has 0 amide bonds. The summed E-state index contributed by atoms with van der Waals surface area (Å²) in [6, 6.07) is 13.8. The molecule has 3 N–H and O–H groups in total. The summed E-state index contributed by atoms with van der Waals surface area (Å²) in [5.74, 6) is 0.921. The van der Waals surface area contributed by atoms with Crippen molar-refractivity contribution in [3.05, 3.63) is 52.5 Å². The van der Waals surface area contributed by atoms with Crippen LogP contribution in [0.15, 0.2) is 46.9 Å². The molecule has 21 heavy (non-hydrogen) atoms. The molecule has 2 aromatic carbocycles. The zero-order valence-corrected chi connectivity index (χ0v) is 13.1. The Morgan fingerprint density at radius 1 is 1.14 bits per heavy atom. The van der Waals surface area contributed by atoms with Gasteiger partial charge in [0.05, 0.1) is 23.5 Å². The number of ether oxygens (including phenoxy) is 1. The highest BCUT2D eigenvalue weighted by molar-refractivity contribution is 9.10. The van der Waals surface area contributed by atoms with E-state index in [4.69, 9.17) is 15.9 Å². The lowest BCUT2D eigenvalue weighted by molar-refractivity contribution is 0.322. The number of nitrogens with two attached hydrogens (primary N) is 1. The highest BCUT2D eigenvalue weighted by atomic mass is 79.9. The van der Waals surface area contributed by atoms with E-state index in [1.807, 2.05) is 42.5 Å². The van der Waals surface area contributed by atoms with Crippen LogP contribution in [0.25, 0.3) is 0 Å². The van der Waals surface area contributed by atoms with Crippen LogP contribution in [-0.2, 0) is 0 Å². The molecule has 0 radical (unpaired) electrons. The maximum atomic E-state index is 7.86. The van der Waals surface area contributed by atoms with E-state index >= 15 is 0 Å². The number of anilines is 2. The second-order valence-electron chi connectivity index (χ2n) is 4.87. The monoisotopic (exact) mass is 345 g/mol. The van der Waals surface area contributed by atoms with Crippen molar-refractivity contribution >= 4 is 33.1 Å². The highest BCUT2D eigenvalue weighted by Crippen LogP contribution is 2.38. The molecule has 1 aliphatic heterocycles. The molecule has 0 atom stereocenters. The van der Waals surface area contributed by atoms with Crippen LogP contribution in [0, 0.1) is 5.41 Å². The first kappa shape index (κ1) is 13.9. The van der Waals surface area contributed by atoms with Gasteiger partial charge in [-0.15, -0.1) is 0 Å². The van der Waals surface area contributed by atoms with Gasteiger partial charge < -0.3 is 15.4 Å². The van der Waals surface area contributed by atoms with Gasteiger partial charge in [0.2, 0.25) is 0 Å². The number of hydrogen-bond acceptors (Lipinski definition) is 3. The Hall–Kier alpha value is -2.01. The molecule has 1 heterocycles. The van der Waals surface area contributed by atoms with Crippen LogP contribution < -0.4 is 15.4 Å². The van der Waals surface area contributed by atoms with Crippen molar-refractivity contribution in [2.75, 3.05) is 18.1 Å². The van der Waals surface area contributed by atoms with Gasteiger partial charge in [-0.2, -0.15) is 0 Å². The van der Waals surface area contributed by atoms with Gasteiger partial charge in [0.25, 0.3) is 0 Å². The summed E-state index contributed by atoms with van der Waals surface area (Å²) in [4.78, 5) is 2.17. The lowest BCUT2D eigenvalue weighted by Crippen LogP contribution is -2.23. The summed E-state index contributed by atoms with van der Waals surface area (Å²) >= 11 is 3.50. The fraction of sp³-hybridized carbons (Fsp3) is 0.188. The van der Waals surface area contributed by atoms with E-state index in [9.17, 15) is 0 Å². The predicted octanol–water partition coefficient (Wildman–Crippen LogP) is 3.65. The summed E-state index contributed by atoms with van der Waals surface area (Å²) in [6.45, 7) is 1.52. The van der Waals surface area contributed by atoms with Gasteiger partial charge in [0.15, 0.2) is 0 Å². The van der Waals surface area contributed by atoms with Crippen LogP contribution in [0.5, 0.6) is 5.75 Å². The number of nitrogens with one attached hydrogen (secondary N) is 1. The number of hydrogen-bond donors (Lipinski definition) is 2. The van der Waals surface area contributed by atoms with Crippen molar-refractivity contribution in [1.82, 2.24) is 0 Å². The minimum absolute atomic E-state index is 0.0557. The fourth-order valence-electron chi connectivity index (χ4n) is 2.58. The van der Waals surface area contributed by atoms with Crippen LogP contribution in [-0.4, -0.2) is 19.0 Å². The van der Waals surface area contributed by atoms with Crippen LogP contribution in [0.1, 0.15) is 12.0 Å². The first-order valence-corrected chi connectivity index (χ1v) is 7.60. The number of benzene rings is 2. The lowest BCUT2D eigenvalue weighted by atomic mass is 10.1. The second-order valence-corrected chi connectivity index (χ2v) is 5.72. The number of nitrogens with zero attached hydrogens (tertiary/aromatic N) is 1. The number of halogens is 1. The van der Waals surface area contributed by atoms with Gasteiger partial charge >= 0.3 is 0 Å². The molecule has 0 aromatic heterocycles. The molecule has 3 rings (SSSR count). The zero-order chi connectivity index (χ0) is 14.8. The van der Waals surface area contributed by atoms with Crippen molar-refractivity contribution < 1.29 is 4.74 Å². The maximum absolute atomic E-state index is 7.86. The molecular weight excluding hydrogens is 330 g/mol. The first-order chi connectivity index (χ1) is 10.2. The highest BCUT2D eigenvalue weighted by Gasteiger charge is 2.21. The minimum Gasteiger partial charge on any atom is -0.491 e. The summed E-state index contributed by atoms with van der Waals surface area (Å²) in [5, 5.41) is 7.86. The van der Waals surface area contributed by atoms with E-state index in [0.29, 0.717) is 12.2 Å². The molecule has 0 saturated heterocycles. The second kappa shape index (κ2) is 5.77. The molecule has 0 aliphatic carbocycles. The summed E-state index contributed by atoms with van der Waals surface area (Å²) in [5.41, 5.74) is 8.43. The number of rotatable bonds is 2. The third-order valence-corrected chi connectivity index (χ3v) is 4.15. The summed E-state index contributed by atoms with van der Waals surface area (Å²) < 4.78 is 6.62. The van der Waals surface area contributed by atoms with E-state index in [1.54, 1.807) is 0 Å². The fourth-order valence-corrected chi connectivity index (χ4v) is 3.15. The van der Waals surface area contributed by atoms with Crippen LogP contribution in [0.4, 0.5) is 11.4 Å². The van der Waals surface area contributed by atoms with Gasteiger partial charge in [0.1, 0.15) is 11.6 Å². The zero-order valence-electron chi connectivity index (χ0n) is 11.5. The Kier molecular flexibility index (Phi) is 3.84. The smallest absolute Gasteiger partial charge is 0.142 e. The molecule has 0 spiro atoms. The summed E-state index contributed by atoms with van der Waals surface area (Å²) in [7, 11) is 0. The average Bonchev–Trinajstić information content (AvgIpc) is 2.68. The Balaban J connectivity index is 2.17. The molecule has 0 saturated carbocycles. The third kappa shape index (κ3) is 2.61. The molecule has 0 fully saturated rings. The van der Waals surface area contributed by atoms with Crippen LogP contribution in [0.3, 0.4) is 0 Å². The Labute approximate surface area is 132 Å². The topological polar surface area (TPSA) is 62.3 Å². The molecule has 1 aliphatic rings. The maximum Gasteiger partial charge on any atom is 0.142 e. The van der Waals surface area contributed by atoms with Crippen LogP contribution >= 0.6 is 15.9 Å². The Morgan fingerprint density at radius 2 is 1.90 bits per heavy atom. The minimum atomic E-state index is 0.0557. The Morgan fingerprint density at radius 3 is 2.71 bits per heavy atom. The van der Waals surface area contributed by atoms with E-state index in [0.717, 1.165) is 34.6 Å². The van der Waals surface area contributed by atoms with Crippen molar-refractivity contribution in [1.29, 1.82) is 5.41 Å². The van der Waals surface area contributed by atoms with Crippen LogP contribution in [0.2, 0.25) is 0 Å². The van der Waals surface area contributed by atoms with Crippen molar-refractivity contribution in [3.63, 3.8) is 0 Å². The SMILES string of the molecule is N=C(N)c1c(Br)cccc1N1CCCOc2ccccc21. The predicted molar refractivity (Wildman–Crippen MR) is 88.7 cm³/mol. The first-order valence-electron chi connectivity index (χ1n) is 6.81. The van der Waals surface area contributed by atoms with Gasteiger partial charge in [-0.3, -0.25) is 5.41 Å². The molecule has 4 nitrogen and oxygen atoms in total. The lowest BCUT2D eigenvalue weighted by Gasteiger charge is -2.26. The Bertz CT molecular complexity index is 687. The standard InChI is InChI=1S/C16H16BrN3O/c17-11-5-3-7-13(15(11)16(18)19)20-9-4-10-21-14-8-2-1-6-12(14)20/h1-3,5-8H,4,9-10H2,(H3,18,19). The molecule has 108 valence electrons. The van der Waals surface area contributed by atoms with Crippen molar-refractivity contribution in [3.8, 4) is 5.75 Å². The molecule has 0 unspecified atom stereocenters. The number of amidine groups is 1. The molecule has 2 aromatic rings. The number of fused-ring (bicyclic) bond motifs is 1. The van der Waals surface area contributed by atoms with E-state index in [2.05, 4.69) is 20.8 Å². The number of nitrogen functional groups attached to an aromatic ring is 1. The number of para-hydroxylation sites is 2. The normalized spacial score (nSPS) is 14.0. The van der Waals surface area contributed by atoms with E-state index in [-0.39, 0.29) is 5.84 Å². The molecule has 0 bridgehead atoms.